The van der Waals surface area contributed by atoms with Crippen molar-refractivity contribution in [3.8, 4) is 0 Å². The molecule has 0 unspecified atom stereocenters. The molecule has 2 aliphatic rings. The summed E-state index contributed by atoms with van der Waals surface area (Å²) < 4.78 is 14.7. The number of piperazine rings is 1. The second-order valence-electron chi connectivity index (χ2n) is 8.05. The first-order chi connectivity index (χ1) is 15.0. The fourth-order valence-electron chi connectivity index (χ4n) is 4.15. The summed E-state index contributed by atoms with van der Waals surface area (Å²) in [5.74, 6) is 0.296. The van der Waals surface area contributed by atoms with Crippen LogP contribution in [0.2, 0.25) is 0 Å². The maximum atomic E-state index is 14.7. The minimum atomic E-state index is -0.793. The lowest BCUT2D eigenvalue weighted by atomic mass is 9.92. The highest BCUT2D eigenvalue weighted by molar-refractivity contribution is 5.53. The predicted octanol–water partition coefficient (Wildman–Crippen LogP) is 2.73. The SMILES string of the molecule is C=CC1(O)CCN(c2ncc(N3CCN(c4cccc(CN=O)c4F)CC3)cn2)CC1. The molecule has 0 saturated carbocycles. The van der Waals surface area contributed by atoms with Gasteiger partial charge in [-0.1, -0.05) is 23.4 Å². The van der Waals surface area contributed by atoms with Crippen LogP contribution in [-0.4, -0.2) is 59.9 Å². The monoisotopic (exact) mass is 426 g/mol. The zero-order valence-electron chi connectivity index (χ0n) is 17.5. The molecule has 1 N–H and O–H groups in total. The van der Waals surface area contributed by atoms with E-state index in [1.54, 1.807) is 24.3 Å². The second kappa shape index (κ2) is 8.97. The van der Waals surface area contributed by atoms with Gasteiger partial charge in [0.05, 0.1) is 29.4 Å². The molecule has 2 aromatic rings. The van der Waals surface area contributed by atoms with Gasteiger partial charge in [0.25, 0.3) is 0 Å². The number of nitroso groups, excluding NO2 is 1. The Morgan fingerprint density at radius 2 is 1.71 bits per heavy atom. The Balaban J connectivity index is 1.36. The molecule has 3 heterocycles. The first kappa shape index (κ1) is 21.2. The van der Waals surface area contributed by atoms with Crippen molar-refractivity contribution in [1.29, 1.82) is 0 Å². The molecule has 8 nitrogen and oxygen atoms in total. The van der Waals surface area contributed by atoms with E-state index < -0.39 is 5.60 Å². The van der Waals surface area contributed by atoms with Crippen LogP contribution in [0.1, 0.15) is 18.4 Å². The molecule has 2 aliphatic heterocycles. The molecule has 1 aromatic carbocycles. The highest BCUT2D eigenvalue weighted by Gasteiger charge is 2.30. The minimum Gasteiger partial charge on any atom is -0.386 e. The van der Waals surface area contributed by atoms with Gasteiger partial charge in [-0.05, 0) is 18.9 Å². The normalized spacial score (nSPS) is 18.7. The van der Waals surface area contributed by atoms with E-state index in [4.69, 9.17) is 0 Å². The maximum Gasteiger partial charge on any atom is 0.225 e. The van der Waals surface area contributed by atoms with Crippen LogP contribution in [0.15, 0.2) is 48.4 Å². The van der Waals surface area contributed by atoms with Crippen LogP contribution < -0.4 is 14.7 Å². The number of piperidine rings is 1. The summed E-state index contributed by atoms with van der Waals surface area (Å²) in [5, 5.41) is 13.1. The van der Waals surface area contributed by atoms with Crippen LogP contribution in [0.4, 0.5) is 21.7 Å². The standard InChI is InChI=1S/C22H27FN6O2/c1-2-22(30)6-8-29(9-7-22)21-24-15-18(16-25-21)27-10-12-28(13-11-27)19-5-3-4-17(14-26-31)20(19)23/h2-5,15-16,30H,1,6-14H2. The Hall–Kier alpha value is -3.07. The maximum absolute atomic E-state index is 14.7. The van der Waals surface area contributed by atoms with E-state index in [1.807, 2.05) is 17.3 Å². The molecule has 0 amide bonds. The Bertz CT molecular complexity index is 922. The lowest BCUT2D eigenvalue weighted by molar-refractivity contribution is 0.0647. The summed E-state index contributed by atoms with van der Waals surface area (Å²) in [5.41, 5.74) is 0.973. The third-order valence-corrected chi connectivity index (χ3v) is 6.20. The van der Waals surface area contributed by atoms with Crippen molar-refractivity contribution >= 4 is 17.3 Å². The van der Waals surface area contributed by atoms with Gasteiger partial charge in [0.15, 0.2) is 5.82 Å². The van der Waals surface area contributed by atoms with Gasteiger partial charge in [-0.3, -0.25) is 0 Å². The molecule has 0 atom stereocenters. The third kappa shape index (κ3) is 4.51. The molecule has 0 radical (unpaired) electrons. The number of anilines is 3. The van der Waals surface area contributed by atoms with E-state index in [2.05, 4.69) is 31.5 Å². The van der Waals surface area contributed by atoms with Crippen molar-refractivity contribution in [2.75, 3.05) is 54.0 Å². The smallest absolute Gasteiger partial charge is 0.225 e. The quantitative estimate of drug-likeness (QED) is 0.562. The van der Waals surface area contributed by atoms with Gasteiger partial charge >= 0.3 is 0 Å². The number of benzene rings is 1. The van der Waals surface area contributed by atoms with Crippen molar-refractivity contribution < 1.29 is 9.50 Å². The average Bonchev–Trinajstić information content (AvgIpc) is 2.81. The number of aliphatic hydroxyl groups is 1. The molecular weight excluding hydrogens is 399 g/mol. The summed E-state index contributed by atoms with van der Waals surface area (Å²) in [7, 11) is 0. The number of nitrogens with zero attached hydrogens (tertiary/aromatic N) is 6. The highest BCUT2D eigenvalue weighted by atomic mass is 19.1. The third-order valence-electron chi connectivity index (χ3n) is 6.20. The summed E-state index contributed by atoms with van der Waals surface area (Å²) in [6.07, 6.45) is 6.50. The van der Waals surface area contributed by atoms with Gasteiger partial charge in [0.2, 0.25) is 5.95 Å². The van der Waals surface area contributed by atoms with Gasteiger partial charge in [-0.15, -0.1) is 6.58 Å². The van der Waals surface area contributed by atoms with Crippen molar-refractivity contribution in [3.05, 3.63) is 59.5 Å². The number of aromatic nitrogens is 2. The molecule has 31 heavy (non-hydrogen) atoms. The van der Waals surface area contributed by atoms with Crippen molar-refractivity contribution in [2.45, 2.75) is 25.0 Å². The van der Waals surface area contributed by atoms with Gasteiger partial charge < -0.3 is 19.8 Å². The Kier molecular flexibility index (Phi) is 6.13. The van der Waals surface area contributed by atoms with Crippen LogP contribution in [0, 0.1) is 10.7 Å². The number of rotatable bonds is 6. The minimum absolute atomic E-state index is 0.160. The lowest BCUT2D eigenvalue weighted by Gasteiger charge is -2.38. The molecule has 2 fully saturated rings. The molecular formula is C22H27FN6O2. The molecule has 164 valence electrons. The number of hydrogen-bond acceptors (Lipinski definition) is 8. The van der Waals surface area contributed by atoms with Crippen LogP contribution in [0.3, 0.4) is 0 Å². The summed E-state index contributed by atoms with van der Waals surface area (Å²) in [6, 6.07) is 5.09. The van der Waals surface area contributed by atoms with E-state index >= 15 is 0 Å². The zero-order chi connectivity index (χ0) is 21.8. The molecule has 0 spiro atoms. The van der Waals surface area contributed by atoms with Crippen LogP contribution in [0.25, 0.3) is 0 Å². The van der Waals surface area contributed by atoms with Gasteiger partial charge in [0, 0.05) is 44.8 Å². The molecule has 2 saturated heterocycles. The summed E-state index contributed by atoms with van der Waals surface area (Å²) in [4.78, 5) is 25.8. The highest BCUT2D eigenvalue weighted by Crippen LogP contribution is 2.27. The van der Waals surface area contributed by atoms with E-state index in [0.717, 1.165) is 5.69 Å². The van der Waals surface area contributed by atoms with Crippen LogP contribution in [0.5, 0.6) is 0 Å². The molecule has 9 heteroatoms. The number of hydrogen-bond donors (Lipinski definition) is 1. The fraction of sp³-hybridized carbons (Fsp3) is 0.455. The molecule has 1 aromatic heterocycles. The summed E-state index contributed by atoms with van der Waals surface area (Å²) in [6.45, 7) is 7.67. The molecule has 4 rings (SSSR count). The van der Waals surface area contributed by atoms with E-state index in [9.17, 15) is 14.4 Å². The second-order valence-corrected chi connectivity index (χ2v) is 8.05. The Labute approximate surface area is 181 Å². The van der Waals surface area contributed by atoms with E-state index in [-0.39, 0.29) is 12.4 Å². The van der Waals surface area contributed by atoms with Crippen molar-refractivity contribution in [1.82, 2.24) is 9.97 Å². The van der Waals surface area contributed by atoms with Crippen molar-refractivity contribution in [2.24, 2.45) is 5.18 Å². The van der Waals surface area contributed by atoms with E-state index in [0.29, 0.717) is 69.3 Å². The molecule has 0 bridgehead atoms. The largest absolute Gasteiger partial charge is 0.386 e. The van der Waals surface area contributed by atoms with Crippen LogP contribution in [-0.2, 0) is 6.54 Å². The predicted molar refractivity (Wildman–Crippen MR) is 119 cm³/mol. The summed E-state index contributed by atoms with van der Waals surface area (Å²) >= 11 is 0. The van der Waals surface area contributed by atoms with Gasteiger partial charge in [-0.25, -0.2) is 14.4 Å². The molecule has 0 aliphatic carbocycles. The number of halogens is 1. The first-order valence-corrected chi connectivity index (χ1v) is 10.5. The topological polar surface area (TPSA) is 85.2 Å². The Morgan fingerprint density at radius 1 is 1.06 bits per heavy atom. The van der Waals surface area contributed by atoms with Crippen LogP contribution >= 0.6 is 0 Å². The van der Waals surface area contributed by atoms with Gasteiger partial charge in [-0.2, -0.15) is 4.91 Å². The van der Waals surface area contributed by atoms with Crippen molar-refractivity contribution in [3.63, 3.8) is 0 Å². The average molecular weight is 426 g/mol. The first-order valence-electron chi connectivity index (χ1n) is 10.5. The zero-order valence-corrected chi connectivity index (χ0v) is 17.5. The lowest BCUT2D eigenvalue weighted by Crippen LogP contribution is -2.47. The Morgan fingerprint density at radius 3 is 2.32 bits per heavy atom. The fourth-order valence-corrected chi connectivity index (χ4v) is 4.15. The van der Waals surface area contributed by atoms with Gasteiger partial charge in [0.1, 0.15) is 6.54 Å². The van der Waals surface area contributed by atoms with E-state index in [1.165, 1.54) is 0 Å².